The molecule has 7 nitrogen and oxygen atoms in total. The number of benzene rings is 1. The number of nitrogens with zero attached hydrogens (tertiary/aromatic N) is 2. The summed E-state index contributed by atoms with van der Waals surface area (Å²) in [6.07, 6.45) is 0. The van der Waals surface area contributed by atoms with Crippen LogP contribution >= 0.6 is 0 Å². The van der Waals surface area contributed by atoms with Crippen molar-refractivity contribution in [2.75, 3.05) is 18.6 Å². The average Bonchev–Trinajstić information content (AvgIpc) is 2.36. The highest BCUT2D eigenvalue weighted by molar-refractivity contribution is 5.78. The molecule has 0 spiro atoms. The van der Waals surface area contributed by atoms with Crippen LogP contribution in [0.4, 0.5) is 11.4 Å². The van der Waals surface area contributed by atoms with E-state index in [4.69, 9.17) is 9.84 Å². The Kier molecular flexibility index (Phi) is 4.68. The lowest BCUT2D eigenvalue weighted by atomic mass is 10.2. The summed E-state index contributed by atoms with van der Waals surface area (Å²) in [4.78, 5) is 22.7. The van der Waals surface area contributed by atoms with Gasteiger partial charge in [-0.2, -0.15) is 0 Å². The molecule has 7 heteroatoms. The second-order valence-corrected chi connectivity index (χ2v) is 3.97. The SMILES string of the molecule is CCOc1cc(N(C)C(C)C(=O)O)ccc1[N+](=O)[O-]. The fourth-order valence-electron chi connectivity index (χ4n) is 1.53. The van der Waals surface area contributed by atoms with E-state index in [0.29, 0.717) is 12.3 Å². The third-order valence-electron chi connectivity index (χ3n) is 2.79. The van der Waals surface area contributed by atoms with Crippen molar-refractivity contribution in [3.63, 3.8) is 0 Å². The maximum Gasteiger partial charge on any atom is 0.326 e. The molecule has 1 atom stereocenters. The summed E-state index contributed by atoms with van der Waals surface area (Å²) in [6.45, 7) is 3.55. The van der Waals surface area contributed by atoms with Crippen LogP contribution in [0.3, 0.4) is 0 Å². The first-order chi connectivity index (χ1) is 8.88. The Bertz CT molecular complexity index is 489. The topological polar surface area (TPSA) is 92.9 Å². The Morgan fingerprint density at radius 3 is 2.68 bits per heavy atom. The zero-order valence-electron chi connectivity index (χ0n) is 11.0. The van der Waals surface area contributed by atoms with Gasteiger partial charge in [0.2, 0.25) is 0 Å². The standard InChI is InChI=1S/C12H16N2O5/c1-4-19-11-7-9(5-6-10(11)14(17)18)13(3)8(2)12(15)16/h5-8H,4H2,1-3H3,(H,15,16). The average molecular weight is 268 g/mol. The van der Waals surface area contributed by atoms with E-state index in [-0.39, 0.29) is 11.4 Å². The van der Waals surface area contributed by atoms with Crippen LogP contribution in [0.2, 0.25) is 0 Å². The Labute approximate surface area is 110 Å². The normalized spacial score (nSPS) is 11.7. The molecule has 0 fully saturated rings. The number of nitro groups is 1. The van der Waals surface area contributed by atoms with E-state index in [1.165, 1.54) is 30.0 Å². The lowest BCUT2D eigenvalue weighted by Gasteiger charge is -2.24. The number of aliphatic carboxylic acids is 1. The number of carbonyl (C=O) groups is 1. The van der Waals surface area contributed by atoms with Crippen LogP contribution in [0.15, 0.2) is 18.2 Å². The van der Waals surface area contributed by atoms with E-state index in [0.717, 1.165) is 0 Å². The molecular formula is C12H16N2O5. The number of carboxylic acids is 1. The molecule has 0 saturated carbocycles. The molecule has 1 rings (SSSR count). The van der Waals surface area contributed by atoms with E-state index in [1.807, 2.05) is 0 Å². The second kappa shape index (κ2) is 6.03. The summed E-state index contributed by atoms with van der Waals surface area (Å²) in [6, 6.07) is 3.54. The molecule has 19 heavy (non-hydrogen) atoms. The number of carboxylic acid groups (broad SMARTS) is 1. The fraction of sp³-hybridized carbons (Fsp3) is 0.417. The van der Waals surface area contributed by atoms with Gasteiger partial charge in [-0.05, 0) is 19.9 Å². The number of rotatable bonds is 6. The summed E-state index contributed by atoms with van der Waals surface area (Å²) in [5, 5.41) is 19.8. The van der Waals surface area contributed by atoms with Gasteiger partial charge in [0.25, 0.3) is 0 Å². The molecular weight excluding hydrogens is 252 g/mol. The summed E-state index contributed by atoms with van der Waals surface area (Å²) in [7, 11) is 1.61. The highest BCUT2D eigenvalue weighted by atomic mass is 16.6. The largest absolute Gasteiger partial charge is 0.487 e. The van der Waals surface area contributed by atoms with Crippen LogP contribution in [0.1, 0.15) is 13.8 Å². The number of likely N-dealkylation sites (N-methyl/N-ethyl adjacent to an activating group) is 1. The first-order valence-electron chi connectivity index (χ1n) is 5.75. The van der Waals surface area contributed by atoms with Gasteiger partial charge in [-0.25, -0.2) is 4.79 Å². The molecule has 0 aliphatic rings. The van der Waals surface area contributed by atoms with E-state index < -0.39 is 16.9 Å². The van der Waals surface area contributed by atoms with Gasteiger partial charge in [0.1, 0.15) is 6.04 Å². The van der Waals surface area contributed by atoms with Gasteiger partial charge < -0.3 is 14.7 Å². The molecule has 0 aliphatic carbocycles. The summed E-state index contributed by atoms with van der Waals surface area (Å²) < 4.78 is 5.21. The van der Waals surface area contributed by atoms with Crippen LogP contribution in [0.25, 0.3) is 0 Å². The molecule has 104 valence electrons. The van der Waals surface area contributed by atoms with Gasteiger partial charge in [0.05, 0.1) is 11.5 Å². The molecule has 0 aliphatic heterocycles. The smallest absolute Gasteiger partial charge is 0.326 e. The van der Waals surface area contributed by atoms with E-state index in [1.54, 1.807) is 14.0 Å². The molecule has 0 amide bonds. The van der Waals surface area contributed by atoms with Crippen LogP contribution in [-0.4, -0.2) is 35.7 Å². The third-order valence-corrected chi connectivity index (χ3v) is 2.79. The monoisotopic (exact) mass is 268 g/mol. The minimum atomic E-state index is -0.973. The number of anilines is 1. The molecule has 0 saturated heterocycles. The van der Waals surface area contributed by atoms with E-state index in [9.17, 15) is 14.9 Å². The predicted molar refractivity (Wildman–Crippen MR) is 69.8 cm³/mol. The first kappa shape index (κ1) is 14.7. The highest BCUT2D eigenvalue weighted by Crippen LogP contribution is 2.31. The molecule has 1 unspecified atom stereocenters. The Hall–Kier alpha value is -2.31. The van der Waals surface area contributed by atoms with Crippen molar-refractivity contribution >= 4 is 17.3 Å². The van der Waals surface area contributed by atoms with Crippen LogP contribution in [-0.2, 0) is 4.79 Å². The van der Waals surface area contributed by atoms with Gasteiger partial charge >= 0.3 is 11.7 Å². The number of hydrogen-bond donors (Lipinski definition) is 1. The van der Waals surface area contributed by atoms with E-state index in [2.05, 4.69) is 0 Å². The Balaban J connectivity index is 3.14. The molecule has 0 aromatic heterocycles. The lowest BCUT2D eigenvalue weighted by Crippen LogP contribution is -2.35. The number of hydrogen-bond acceptors (Lipinski definition) is 5. The van der Waals surface area contributed by atoms with Crippen molar-refractivity contribution in [1.82, 2.24) is 0 Å². The maximum absolute atomic E-state index is 10.9. The van der Waals surface area contributed by atoms with E-state index >= 15 is 0 Å². The van der Waals surface area contributed by atoms with Crippen molar-refractivity contribution in [2.45, 2.75) is 19.9 Å². The van der Waals surface area contributed by atoms with Gasteiger partial charge in [0, 0.05) is 24.9 Å². The zero-order chi connectivity index (χ0) is 14.6. The van der Waals surface area contributed by atoms with Crippen molar-refractivity contribution in [3.05, 3.63) is 28.3 Å². The van der Waals surface area contributed by atoms with Crippen LogP contribution in [0.5, 0.6) is 5.75 Å². The van der Waals surface area contributed by atoms with Crippen molar-refractivity contribution in [1.29, 1.82) is 0 Å². The van der Waals surface area contributed by atoms with Gasteiger partial charge in [-0.15, -0.1) is 0 Å². The molecule has 0 radical (unpaired) electrons. The molecule has 1 N–H and O–H groups in total. The summed E-state index contributed by atoms with van der Waals surface area (Å²) >= 11 is 0. The Morgan fingerprint density at radius 1 is 1.58 bits per heavy atom. The number of nitro benzene ring substituents is 1. The Morgan fingerprint density at radius 2 is 2.21 bits per heavy atom. The lowest BCUT2D eigenvalue weighted by molar-refractivity contribution is -0.385. The summed E-state index contributed by atoms with van der Waals surface area (Å²) in [5.41, 5.74) is 0.408. The van der Waals surface area contributed by atoms with Crippen molar-refractivity contribution < 1.29 is 19.6 Å². The second-order valence-electron chi connectivity index (χ2n) is 3.97. The fourth-order valence-corrected chi connectivity index (χ4v) is 1.53. The van der Waals surface area contributed by atoms with Crippen LogP contribution < -0.4 is 9.64 Å². The molecule has 1 aromatic rings. The highest BCUT2D eigenvalue weighted by Gasteiger charge is 2.21. The zero-order valence-corrected chi connectivity index (χ0v) is 11.0. The maximum atomic E-state index is 10.9. The third kappa shape index (κ3) is 3.34. The number of ether oxygens (including phenoxy) is 1. The minimum Gasteiger partial charge on any atom is -0.487 e. The quantitative estimate of drug-likeness (QED) is 0.625. The minimum absolute atomic E-state index is 0.134. The van der Waals surface area contributed by atoms with Gasteiger partial charge in [0.15, 0.2) is 5.75 Å². The van der Waals surface area contributed by atoms with Crippen molar-refractivity contribution in [3.8, 4) is 5.75 Å². The predicted octanol–water partition coefficient (Wildman–Crippen LogP) is 1.90. The van der Waals surface area contributed by atoms with Crippen molar-refractivity contribution in [2.24, 2.45) is 0 Å². The van der Waals surface area contributed by atoms with Gasteiger partial charge in [-0.1, -0.05) is 0 Å². The summed E-state index contributed by atoms with van der Waals surface area (Å²) in [5.74, 6) is -0.840. The molecule has 1 aromatic carbocycles. The van der Waals surface area contributed by atoms with Gasteiger partial charge in [-0.3, -0.25) is 10.1 Å². The molecule has 0 bridgehead atoms. The first-order valence-corrected chi connectivity index (χ1v) is 5.75. The van der Waals surface area contributed by atoms with Crippen LogP contribution in [0, 0.1) is 10.1 Å². The molecule has 0 heterocycles.